The lowest BCUT2D eigenvalue weighted by atomic mass is 9.95. The van der Waals surface area contributed by atoms with Crippen LogP contribution in [0.25, 0.3) is 22.4 Å². The molecule has 212 valence electrons. The molecule has 3 aromatic carbocycles. The fraction of sp³-hybridized carbons (Fsp3) is 0.333. The Bertz CT molecular complexity index is 1690. The van der Waals surface area contributed by atoms with Crippen molar-refractivity contribution in [3.05, 3.63) is 99.8 Å². The average molecular weight is 561 g/mol. The van der Waals surface area contributed by atoms with E-state index in [9.17, 15) is 8.42 Å². The molecule has 0 aliphatic carbocycles. The van der Waals surface area contributed by atoms with Crippen molar-refractivity contribution < 1.29 is 17.4 Å². The van der Waals surface area contributed by atoms with Gasteiger partial charge in [0.15, 0.2) is 0 Å². The minimum Gasteiger partial charge on any atom is -0.463 e. The number of nitrogens with one attached hydrogen (secondary N) is 1. The van der Waals surface area contributed by atoms with Crippen molar-refractivity contribution in [3.8, 4) is 0 Å². The van der Waals surface area contributed by atoms with Crippen molar-refractivity contribution >= 4 is 38.2 Å². The maximum atomic E-state index is 11.2. The van der Waals surface area contributed by atoms with Crippen LogP contribution in [0.4, 0.5) is 5.69 Å². The first-order valence-electron chi connectivity index (χ1n) is 14.0. The number of hydrogen-bond acceptors (Lipinski definition) is 5. The molecule has 0 saturated heterocycles. The number of fused-ring (bicyclic) bond motifs is 1. The van der Waals surface area contributed by atoms with E-state index in [-0.39, 0.29) is 5.75 Å². The molecule has 0 fully saturated rings. The third kappa shape index (κ3) is 7.22. The van der Waals surface area contributed by atoms with Gasteiger partial charge in [-0.05, 0) is 79.4 Å². The summed E-state index contributed by atoms with van der Waals surface area (Å²) in [5.41, 5.74) is 5.42. The van der Waals surface area contributed by atoms with Crippen LogP contribution in [0.3, 0.4) is 0 Å². The lowest BCUT2D eigenvalue weighted by Crippen LogP contribution is -2.26. The van der Waals surface area contributed by atoms with Crippen molar-refractivity contribution in [2.75, 3.05) is 36.8 Å². The molecule has 6 nitrogen and oxygen atoms in total. The summed E-state index contributed by atoms with van der Waals surface area (Å²) in [6, 6.07) is 21.2. The summed E-state index contributed by atoms with van der Waals surface area (Å²) in [4.78, 5) is 2.15. The smallest absolute Gasteiger partial charge is 0.264 e. The van der Waals surface area contributed by atoms with Crippen molar-refractivity contribution in [1.82, 2.24) is 5.32 Å². The van der Waals surface area contributed by atoms with Crippen LogP contribution in [0, 0.1) is 13.8 Å². The summed E-state index contributed by atoms with van der Waals surface area (Å²) in [5, 5.41) is 7.87. The van der Waals surface area contributed by atoms with Gasteiger partial charge < -0.3 is 14.6 Å². The van der Waals surface area contributed by atoms with E-state index < -0.39 is 10.1 Å². The zero-order valence-electron chi connectivity index (χ0n) is 23.9. The van der Waals surface area contributed by atoms with Gasteiger partial charge in [-0.1, -0.05) is 61.5 Å². The minimum absolute atomic E-state index is 0.244. The van der Waals surface area contributed by atoms with Gasteiger partial charge >= 0.3 is 0 Å². The molecule has 1 heterocycles. The van der Waals surface area contributed by atoms with E-state index in [4.69, 9.17) is 8.97 Å². The SMILES string of the molecule is CCCNCC=c1ccc(=C(c2ccc(N(CC)CCCS(=O)(=O)O)c(C)c2)c2occ3ccccc23)cc1C. The molecule has 4 rings (SSSR count). The molecule has 0 radical (unpaired) electrons. The standard InChI is InChI=1S/C33H40N2O4S/c1-5-17-34-18-16-26-12-13-27(21-24(26)3)32(33-30-11-8-7-10-29(30)23-39-33)28-14-15-31(25(4)22-28)35(6-2)19-9-20-40(36,37)38/h7-8,10-16,21-23,34H,5-6,9,17-20H2,1-4H3,(H,36,37,38). The zero-order chi connectivity index (χ0) is 28.7. The van der Waals surface area contributed by atoms with E-state index >= 15 is 0 Å². The van der Waals surface area contributed by atoms with Crippen molar-refractivity contribution in [2.24, 2.45) is 0 Å². The Balaban J connectivity index is 1.80. The zero-order valence-corrected chi connectivity index (χ0v) is 24.7. The number of hydrogen-bond donors (Lipinski definition) is 2. The molecule has 0 aliphatic rings. The third-order valence-electron chi connectivity index (χ3n) is 7.23. The molecule has 0 saturated carbocycles. The number of nitrogens with zero attached hydrogens (tertiary/aromatic N) is 1. The molecular weight excluding hydrogens is 520 g/mol. The molecule has 0 aliphatic heterocycles. The Hall–Kier alpha value is -3.39. The van der Waals surface area contributed by atoms with Crippen LogP contribution < -0.4 is 20.7 Å². The summed E-state index contributed by atoms with van der Waals surface area (Å²) in [7, 11) is -3.97. The molecule has 40 heavy (non-hydrogen) atoms. The normalized spacial score (nSPS) is 13.2. The Labute approximate surface area is 237 Å². The van der Waals surface area contributed by atoms with Crippen LogP contribution in [-0.2, 0) is 10.1 Å². The molecule has 0 amide bonds. The molecule has 1 aromatic heterocycles. The van der Waals surface area contributed by atoms with Gasteiger partial charge in [-0.2, -0.15) is 8.42 Å². The minimum atomic E-state index is -3.97. The number of anilines is 1. The van der Waals surface area contributed by atoms with Gasteiger partial charge in [-0.25, -0.2) is 0 Å². The van der Waals surface area contributed by atoms with Gasteiger partial charge in [0.05, 0.1) is 12.0 Å². The van der Waals surface area contributed by atoms with Crippen molar-refractivity contribution in [2.45, 2.75) is 40.5 Å². The first kappa shape index (κ1) is 29.6. The molecular formula is C33H40N2O4S. The van der Waals surface area contributed by atoms with E-state index in [0.717, 1.165) is 70.2 Å². The number of furan rings is 1. The summed E-state index contributed by atoms with van der Waals surface area (Å²) < 4.78 is 37.8. The van der Waals surface area contributed by atoms with Gasteiger partial charge in [0.2, 0.25) is 0 Å². The quantitative estimate of drug-likeness (QED) is 0.184. The van der Waals surface area contributed by atoms with Crippen LogP contribution in [0.1, 0.15) is 49.1 Å². The van der Waals surface area contributed by atoms with Crippen molar-refractivity contribution in [1.29, 1.82) is 0 Å². The van der Waals surface area contributed by atoms with Gasteiger partial charge in [-0.3, -0.25) is 4.55 Å². The van der Waals surface area contributed by atoms with Gasteiger partial charge in [0.1, 0.15) is 5.76 Å². The van der Waals surface area contributed by atoms with Crippen LogP contribution in [0.2, 0.25) is 0 Å². The highest BCUT2D eigenvalue weighted by molar-refractivity contribution is 7.85. The third-order valence-corrected chi connectivity index (χ3v) is 8.03. The first-order valence-corrected chi connectivity index (χ1v) is 15.6. The van der Waals surface area contributed by atoms with Crippen LogP contribution in [0.5, 0.6) is 0 Å². The van der Waals surface area contributed by atoms with Crippen LogP contribution >= 0.6 is 0 Å². The summed E-state index contributed by atoms with van der Waals surface area (Å²) in [6.45, 7) is 11.6. The van der Waals surface area contributed by atoms with E-state index in [1.807, 2.05) is 25.3 Å². The Kier molecular flexibility index (Phi) is 9.85. The maximum absolute atomic E-state index is 11.2. The Morgan fingerprint density at radius 3 is 2.52 bits per heavy atom. The molecule has 2 N–H and O–H groups in total. The largest absolute Gasteiger partial charge is 0.463 e. The molecule has 7 heteroatoms. The van der Waals surface area contributed by atoms with E-state index in [1.54, 1.807) is 0 Å². The van der Waals surface area contributed by atoms with Crippen LogP contribution in [0.15, 0.2) is 71.3 Å². The predicted octanol–water partition coefficient (Wildman–Crippen LogP) is 5.18. The van der Waals surface area contributed by atoms with Gasteiger partial charge in [0.25, 0.3) is 10.1 Å². The van der Waals surface area contributed by atoms with E-state index in [1.165, 1.54) is 10.8 Å². The second-order valence-electron chi connectivity index (χ2n) is 10.2. The molecule has 0 unspecified atom stereocenters. The first-order chi connectivity index (χ1) is 19.2. The van der Waals surface area contributed by atoms with Crippen molar-refractivity contribution in [3.63, 3.8) is 0 Å². The molecule has 0 atom stereocenters. The highest BCUT2D eigenvalue weighted by Crippen LogP contribution is 2.32. The highest BCUT2D eigenvalue weighted by Gasteiger charge is 2.17. The lowest BCUT2D eigenvalue weighted by Gasteiger charge is -2.25. The summed E-state index contributed by atoms with van der Waals surface area (Å²) in [5.74, 6) is 0.593. The van der Waals surface area contributed by atoms with E-state index in [0.29, 0.717) is 13.0 Å². The second kappa shape index (κ2) is 13.3. The number of benzene rings is 3. The average Bonchev–Trinajstić information content (AvgIpc) is 3.34. The maximum Gasteiger partial charge on any atom is 0.264 e. The topological polar surface area (TPSA) is 82.8 Å². The number of aryl methyl sites for hydroxylation is 2. The summed E-state index contributed by atoms with van der Waals surface area (Å²) >= 11 is 0. The lowest BCUT2D eigenvalue weighted by molar-refractivity contribution is 0.481. The molecule has 4 aromatic rings. The highest BCUT2D eigenvalue weighted by atomic mass is 32.2. The molecule has 0 bridgehead atoms. The van der Waals surface area contributed by atoms with Gasteiger partial charge in [0, 0.05) is 41.7 Å². The van der Waals surface area contributed by atoms with Gasteiger partial charge in [-0.15, -0.1) is 0 Å². The second-order valence-corrected chi connectivity index (χ2v) is 11.8. The number of rotatable bonds is 12. The fourth-order valence-corrected chi connectivity index (χ4v) is 5.68. The predicted molar refractivity (Wildman–Crippen MR) is 166 cm³/mol. The summed E-state index contributed by atoms with van der Waals surface area (Å²) in [6.07, 6.45) is 5.52. The van der Waals surface area contributed by atoms with Crippen LogP contribution in [-0.4, -0.2) is 44.9 Å². The Morgan fingerprint density at radius 2 is 1.82 bits per heavy atom. The monoisotopic (exact) mass is 560 g/mol. The van der Waals surface area contributed by atoms with E-state index in [2.05, 4.69) is 85.6 Å². The molecule has 0 spiro atoms. The fourth-order valence-electron chi connectivity index (χ4n) is 5.19. The Morgan fingerprint density at radius 1 is 1.02 bits per heavy atom.